The van der Waals surface area contributed by atoms with Gasteiger partial charge in [0.05, 0.1) is 58.1 Å². The zero-order valence-corrected chi connectivity index (χ0v) is 22.7. The van der Waals surface area contributed by atoms with Crippen molar-refractivity contribution in [3.63, 3.8) is 0 Å². The minimum atomic E-state index is 0.0404. The van der Waals surface area contributed by atoms with Crippen molar-refractivity contribution < 1.29 is 9.53 Å². The van der Waals surface area contributed by atoms with Gasteiger partial charge in [-0.2, -0.15) is 0 Å². The Morgan fingerprint density at radius 1 is 0.611 bits per heavy atom. The monoisotopic (exact) mass is 516 g/mol. The second-order valence-electron chi connectivity index (χ2n) is 8.61. The Kier molecular flexibility index (Phi) is 10.6. The first kappa shape index (κ1) is 26.2. The third-order valence-corrected chi connectivity index (χ3v) is 8.56. The molecule has 4 aromatic carbocycles. The van der Waals surface area contributed by atoms with Crippen LogP contribution in [0.1, 0.15) is 11.1 Å². The van der Waals surface area contributed by atoms with Crippen LogP contribution < -0.4 is 31.9 Å². The lowest BCUT2D eigenvalue weighted by atomic mass is 10.1. The summed E-state index contributed by atoms with van der Waals surface area (Å²) >= 11 is 0. The summed E-state index contributed by atoms with van der Waals surface area (Å²) in [5.41, 5.74) is 2.20. The summed E-state index contributed by atoms with van der Waals surface area (Å²) in [7, 11) is 0.221. The average molecular weight is 517 g/mol. The van der Waals surface area contributed by atoms with Gasteiger partial charge in [0.15, 0.2) is 0 Å². The van der Waals surface area contributed by atoms with Crippen molar-refractivity contribution in [2.75, 3.05) is 19.8 Å². The maximum atomic E-state index is 12.2. The smallest absolute Gasteiger partial charge is 0.224 e. The molecule has 0 fully saturated rings. The van der Waals surface area contributed by atoms with E-state index in [1.165, 1.54) is 21.2 Å². The first-order valence-corrected chi connectivity index (χ1v) is 14.6. The van der Waals surface area contributed by atoms with Gasteiger partial charge in [-0.25, -0.2) is 0 Å². The van der Waals surface area contributed by atoms with Crippen molar-refractivity contribution in [1.82, 2.24) is 10.6 Å². The van der Waals surface area contributed by atoms with E-state index < -0.39 is 0 Å². The van der Waals surface area contributed by atoms with E-state index in [4.69, 9.17) is 4.74 Å². The van der Waals surface area contributed by atoms with Gasteiger partial charge < -0.3 is 10.1 Å². The zero-order chi connectivity index (χ0) is 24.8. The molecule has 4 aromatic rings. The van der Waals surface area contributed by atoms with Crippen molar-refractivity contribution >= 4 is 44.3 Å². The number of rotatable bonds is 13. The van der Waals surface area contributed by atoms with Crippen LogP contribution in [0.4, 0.5) is 0 Å². The van der Waals surface area contributed by atoms with Gasteiger partial charge in [-0.1, -0.05) is 60.7 Å². The van der Waals surface area contributed by atoms with Crippen molar-refractivity contribution in [3.8, 4) is 0 Å². The fourth-order valence-corrected chi connectivity index (χ4v) is 6.15. The lowest BCUT2D eigenvalue weighted by Gasteiger charge is -2.08. The van der Waals surface area contributed by atoms with Crippen molar-refractivity contribution in [2.45, 2.75) is 13.0 Å². The molecule has 4 nitrogen and oxygen atoms in total. The molecule has 36 heavy (non-hydrogen) atoms. The molecular formula is C30H34N2O2P2+2. The third kappa shape index (κ3) is 9.30. The van der Waals surface area contributed by atoms with E-state index in [0.717, 1.165) is 11.1 Å². The van der Waals surface area contributed by atoms with Gasteiger partial charge >= 0.3 is 0 Å². The topological polar surface area (TPSA) is 50.4 Å². The quantitative estimate of drug-likeness (QED) is 0.163. The Bertz CT molecular complexity index is 1190. The number of amides is 1. The highest BCUT2D eigenvalue weighted by molar-refractivity contribution is 7.55. The summed E-state index contributed by atoms with van der Waals surface area (Å²) in [4.78, 5) is 12.2. The molecule has 2 unspecified atom stereocenters. The molecule has 0 aliphatic carbocycles. The summed E-state index contributed by atoms with van der Waals surface area (Å²) in [5.74, 6) is 0.0404. The summed E-state index contributed by atoms with van der Waals surface area (Å²) < 4.78 is 5.72. The highest BCUT2D eigenvalue weighted by atomic mass is 31.1. The van der Waals surface area contributed by atoms with Crippen LogP contribution in [0, 0.1) is 0 Å². The van der Waals surface area contributed by atoms with Gasteiger partial charge in [-0.3, -0.25) is 10.1 Å². The average Bonchev–Trinajstić information content (AvgIpc) is 2.91. The maximum Gasteiger partial charge on any atom is 0.224 e. The van der Waals surface area contributed by atoms with Crippen molar-refractivity contribution in [1.29, 1.82) is 0 Å². The van der Waals surface area contributed by atoms with Gasteiger partial charge in [0, 0.05) is 13.1 Å². The molecule has 0 bridgehead atoms. The Labute approximate surface area is 217 Å². The number of benzene rings is 4. The number of ether oxygens (including phenoxy) is 1. The second-order valence-corrected chi connectivity index (χ2v) is 11.9. The SMILES string of the molecule is O=C(Cc1ccc([PH2+]c2ccccc2)cc1)NCCNCOCc1ccc([PH2+]c2ccccc2)cc1. The minimum absolute atomic E-state index is 0.0404. The van der Waals surface area contributed by atoms with Gasteiger partial charge in [0.25, 0.3) is 0 Å². The number of hydrogen-bond donors (Lipinski definition) is 2. The van der Waals surface area contributed by atoms with E-state index >= 15 is 0 Å². The van der Waals surface area contributed by atoms with E-state index in [0.29, 0.717) is 32.8 Å². The van der Waals surface area contributed by atoms with Crippen LogP contribution in [0.2, 0.25) is 0 Å². The summed E-state index contributed by atoms with van der Waals surface area (Å²) in [6.07, 6.45) is 0.402. The lowest BCUT2D eigenvalue weighted by Crippen LogP contribution is -2.33. The van der Waals surface area contributed by atoms with Crippen molar-refractivity contribution in [3.05, 3.63) is 120 Å². The summed E-state index contributed by atoms with van der Waals surface area (Å²) in [6, 6.07) is 38.2. The molecule has 4 rings (SSSR count). The summed E-state index contributed by atoms with van der Waals surface area (Å²) in [5, 5.41) is 11.7. The van der Waals surface area contributed by atoms with Gasteiger partial charge in [0.1, 0.15) is 0 Å². The van der Waals surface area contributed by atoms with Crippen LogP contribution >= 0.6 is 17.2 Å². The van der Waals surface area contributed by atoms with Crippen LogP contribution in [-0.4, -0.2) is 25.7 Å². The molecule has 0 heterocycles. The van der Waals surface area contributed by atoms with E-state index in [-0.39, 0.29) is 23.1 Å². The molecule has 0 aromatic heterocycles. The fraction of sp³-hybridized carbons (Fsp3) is 0.167. The van der Waals surface area contributed by atoms with Gasteiger partial charge in [0.2, 0.25) is 5.91 Å². The zero-order valence-electron chi connectivity index (χ0n) is 20.4. The minimum Gasteiger partial charge on any atom is -0.362 e. The lowest BCUT2D eigenvalue weighted by molar-refractivity contribution is -0.120. The molecule has 0 saturated heterocycles. The predicted molar refractivity (Wildman–Crippen MR) is 158 cm³/mol. The molecule has 184 valence electrons. The molecule has 6 heteroatoms. The largest absolute Gasteiger partial charge is 0.362 e. The maximum absolute atomic E-state index is 12.2. The third-order valence-electron chi connectivity index (χ3n) is 5.69. The molecular weight excluding hydrogens is 482 g/mol. The molecule has 0 aliphatic heterocycles. The molecule has 2 atom stereocenters. The molecule has 0 spiro atoms. The molecule has 0 radical (unpaired) electrons. The number of nitrogens with one attached hydrogen (secondary N) is 2. The Balaban J connectivity index is 1.05. The Morgan fingerprint density at radius 2 is 1.11 bits per heavy atom. The molecule has 2 N–H and O–H groups in total. The molecule has 0 aliphatic rings. The van der Waals surface area contributed by atoms with Crippen LogP contribution in [0.25, 0.3) is 0 Å². The molecule has 1 amide bonds. The van der Waals surface area contributed by atoms with Crippen LogP contribution in [0.5, 0.6) is 0 Å². The van der Waals surface area contributed by atoms with E-state index in [2.05, 4.69) is 114 Å². The second kappa shape index (κ2) is 14.6. The molecule has 0 saturated carbocycles. The van der Waals surface area contributed by atoms with Crippen LogP contribution in [0.3, 0.4) is 0 Å². The normalized spacial score (nSPS) is 11.4. The number of carbonyl (C=O) groups is 1. The number of hydrogen-bond acceptors (Lipinski definition) is 3. The summed E-state index contributed by atoms with van der Waals surface area (Å²) in [6.45, 7) is 2.28. The van der Waals surface area contributed by atoms with E-state index in [1.54, 1.807) is 0 Å². The first-order chi connectivity index (χ1) is 17.7. The van der Waals surface area contributed by atoms with E-state index in [9.17, 15) is 4.79 Å². The highest BCUT2D eigenvalue weighted by Crippen LogP contribution is 2.12. The van der Waals surface area contributed by atoms with Gasteiger partial charge in [-0.05, 0) is 59.7 Å². The van der Waals surface area contributed by atoms with E-state index in [1.807, 2.05) is 6.07 Å². The van der Waals surface area contributed by atoms with Gasteiger partial charge in [-0.15, -0.1) is 0 Å². The first-order valence-electron chi connectivity index (χ1n) is 12.3. The predicted octanol–water partition coefficient (Wildman–Crippen LogP) is 2.83. The Hall–Kier alpha value is -2.87. The highest BCUT2D eigenvalue weighted by Gasteiger charge is 2.07. The van der Waals surface area contributed by atoms with Crippen LogP contribution in [-0.2, 0) is 22.6 Å². The Morgan fingerprint density at radius 3 is 1.67 bits per heavy atom. The number of carbonyl (C=O) groups excluding carboxylic acids is 1. The fourth-order valence-electron chi connectivity index (χ4n) is 3.78. The van der Waals surface area contributed by atoms with Crippen molar-refractivity contribution in [2.24, 2.45) is 0 Å². The van der Waals surface area contributed by atoms with Crippen LogP contribution in [0.15, 0.2) is 109 Å². The standard InChI is InChI=1S/C30H32N2O2P2/c33-30(21-24-11-15-28(16-12-24)35-26-7-3-1-4-8-26)32-20-19-31-23-34-22-25-13-17-29(18-14-25)36-27-9-5-2-6-10-27/h1-18,31,35-36H,19-23H2,(H,32,33)/p+2.